The minimum absolute atomic E-state index is 0.179. The molecule has 0 saturated carbocycles. The lowest BCUT2D eigenvalue weighted by Gasteiger charge is -2.14. The molecular formula is C11H22O4S. The van der Waals surface area contributed by atoms with Crippen LogP contribution in [-0.4, -0.2) is 43.8 Å². The van der Waals surface area contributed by atoms with E-state index in [1.165, 1.54) is 0 Å². The van der Waals surface area contributed by atoms with Gasteiger partial charge in [0.05, 0.1) is 18.0 Å². The molecule has 1 N–H and O–H groups in total. The van der Waals surface area contributed by atoms with Gasteiger partial charge in [0.25, 0.3) is 0 Å². The van der Waals surface area contributed by atoms with Crippen LogP contribution in [0.2, 0.25) is 0 Å². The molecule has 2 atom stereocenters. The molecule has 1 fully saturated rings. The SMILES string of the molecule is CCS(=O)(=O)CCCC(O)CC1CCCO1. The Labute approximate surface area is 97.9 Å². The normalized spacial score (nSPS) is 23.5. The number of aliphatic hydroxyl groups excluding tert-OH is 1. The fourth-order valence-corrected chi connectivity index (χ4v) is 2.83. The molecule has 5 heteroatoms. The second-order valence-corrected chi connectivity index (χ2v) is 6.88. The van der Waals surface area contributed by atoms with Crippen molar-refractivity contribution < 1.29 is 18.3 Å². The maximum Gasteiger partial charge on any atom is 0.150 e. The van der Waals surface area contributed by atoms with Gasteiger partial charge in [-0.05, 0) is 32.1 Å². The highest BCUT2D eigenvalue weighted by atomic mass is 32.2. The molecule has 16 heavy (non-hydrogen) atoms. The number of hydrogen-bond acceptors (Lipinski definition) is 4. The molecule has 0 spiro atoms. The van der Waals surface area contributed by atoms with Crippen LogP contribution in [0.15, 0.2) is 0 Å². The molecule has 0 aromatic rings. The summed E-state index contributed by atoms with van der Waals surface area (Å²) in [6.07, 6.45) is 3.59. The topological polar surface area (TPSA) is 63.6 Å². The molecule has 1 saturated heterocycles. The summed E-state index contributed by atoms with van der Waals surface area (Å²) in [7, 11) is -2.88. The first-order valence-electron chi connectivity index (χ1n) is 6.03. The van der Waals surface area contributed by atoms with Gasteiger partial charge >= 0.3 is 0 Å². The molecule has 4 nitrogen and oxygen atoms in total. The Balaban J connectivity index is 2.12. The van der Waals surface area contributed by atoms with Crippen LogP contribution < -0.4 is 0 Å². The second kappa shape index (κ2) is 6.57. The molecule has 1 aliphatic rings. The highest BCUT2D eigenvalue weighted by molar-refractivity contribution is 7.91. The van der Waals surface area contributed by atoms with Gasteiger partial charge in [-0.3, -0.25) is 0 Å². The maximum atomic E-state index is 11.2. The van der Waals surface area contributed by atoms with Gasteiger partial charge in [0.1, 0.15) is 9.84 Å². The van der Waals surface area contributed by atoms with Gasteiger partial charge in [0.15, 0.2) is 0 Å². The third-order valence-corrected chi connectivity index (χ3v) is 4.78. The first-order valence-corrected chi connectivity index (χ1v) is 7.85. The van der Waals surface area contributed by atoms with E-state index in [4.69, 9.17) is 4.74 Å². The summed E-state index contributed by atoms with van der Waals surface area (Å²) < 4.78 is 27.9. The van der Waals surface area contributed by atoms with Crippen LogP contribution in [-0.2, 0) is 14.6 Å². The number of ether oxygens (including phenoxy) is 1. The fraction of sp³-hybridized carbons (Fsp3) is 1.00. The highest BCUT2D eigenvalue weighted by Crippen LogP contribution is 2.18. The molecule has 1 rings (SSSR count). The van der Waals surface area contributed by atoms with Crippen molar-refractivity contribution in [1.29, 1.82) is 0 Å². The Morgan fingerprint density at radius 3 is 2.81 bits per heavy atom. The Kier molecular flexibility index (Phi) is 5.72. The highest BCUT2D eigenvalue weighted by Gasteiger charge is 2.19. The summed E-state index contributed by atoms with van der Waals surface area (Å²) in [5, 5.41) is 9.70. The van der Waals surface area contributed by atoms with E-state index < -0.39 is 15.9 Å². The van der Waals surface area contributed by atoms with E-state index in [1.54, 1.807) is 6.92 Å². The van der Waals surface area contributed by atoms with Crippen LogP contribution >= 0.6 is 0 Å². The summed E-state index contributed by atoms with van der Waals surface area (Å²) in [6.45, 7) is 2.44. The van der Waals surface area contributed by atoms with Crippen molar-refractivity contribution in [2.75, 3.05) is 18.1 Å². The Morgan fingerprint density at radius 1 is 1.50 bits per heavy atom. The summed E-state index contributed by atoms with van der Waals surface area (Å²) in [5.74, 6) is 0.376. The average molecular weight is 250 g/mol. The van der Waals surface area contributed by atoms with E-state index in [0.29, 0.717) is 19.3 Å². The number of aliphatic hydroxyl groups is 1. The van der Waals surface area contributed by atoms with Crippen LogP contribution in [0.4, 0.5) is 0 Å². The van der Waals surface area contributed by atoms with Crippen molar-refractivity contribution in [2.45, 2.75) is 51.2 Å². The lowest BCUT2D eigenvalue weighted by Crippen LogP contribution is -2.18. The predicted octanol–water partition coefficient (Wildman–Crippen LogP) is 1.13. The zero-order valence-corrected chi connectivity index (χ0v) is 10.7. The van der Waals surface area contributed by atoms with Crippen molar-refractivity contribution in [3.8, 4) is 0 Å². The van der Waals surface area contributed by atoms with Crippen LogP contribution in [0.3, 0.4) is 0 Å². The van der Waals surface area contributed by atoms with Crippen LogP contribution in [0.5, 0.6) is 0 Å². The second-order valence-electron chi connectivity index (χ2n) is 4.40. The maximum absolute atomic E-state index is 11.2. The van der Waals surface area contributed by atoms with Crippen molar-refractivity contribution in [3.63, 3.8) is 0 Å². The Hall–Kier alpha value is -0.130. The standard InChI is InChI=1S/C11H22O4S/c1-2-16(13,14)8-4-5-10(12)9-11-6-3-7-15-11/h10-12H,2-9H2,1H3. The zero-order chi connectivity index (χ0) is 12.0. The number of hydrogen-bond donors (Lipinski definition) is 1. The van der Waals surface area contributed by atoms with Gasteiger partial charge in [0.2, 0.25) is 0 Å². The van der Waals surface area contributed by atoms with Crippen LogP contribution in [0, 0.1) is 0 Å². The third kappa shape index (κ3) is 5.27. The molecule has 1 heterocycles. The molecule has 0 aliphatic carbocycles. The van der Waals surface area contributed by atoms with Crippen molar-refractivity contribution in [3.05, 3.63) is 0 Å². The molecule has 0 bridgehead atoms. The van der Waals surface area contributed by atoms with Gasteiger partial charge < -0.3 is 9.84 Å². The Morgan fingerprint density at radius 2 is 2.25 bits per heavy atom. The van der Waals surface area contributed by atoms with E-state index in [9.17, 15) is 13.5 Å². The van der Waals surface area contributed by atoms with E-state index in [0.717, 1.165) is 19.4 Å². The first-order chi connectivity index (χ1) is 7.53. The predicted molar refractivity (Wildman–Crippen MR) is 63.2 cm³/mol. The van der Waals surface area contributed by atoms with Crippen LogP contribution in [0.1, 0.15) is 39.0 Å². The van der Waals surface area contributed by atoms with Crippen molar-refractivity contribution >= 4 is 9.84 Å². The molecule has 2 unspecified atom stereocenters. The molecule has 0 aromatic carbocycles. The molecule has 0 aromatic heterocycles. The molecule has 96 valence electrons. The minimum Gasteiger partial charge on any atom is -0.393 e. The summed E-state index contributed by atoms with van der Waals surface area (Å²) in [5.41, 5.74) is 0. The van der Waals surface area contributed by atoms with Gasteiger partial charge in [0, 0.05) is 12.4 Å². The molecule has 0 radical (unpaired) electrons. The van der Waals surface area contributed by atoms with Crippen molar-refractivity contribution in [2.24, 2.45) is 0 Å². The lowest BCUT2D eigenvalue weighted by atomic mass is 10.1. The van der Waals surface area contributed by atoms with Gasteiger partial charge in [-0.2, -0.15) is 0 Å². The van der Waals surface area contributed by atoms with E-state index >= 15 is 0 Å². The lowest BCUT2D eigenvalue weighted by molar-refractivity contribution is 0.0505. The van der Waals surface area contributed by atoms with Gasteiger partial charge in [-0.1, -0.05) is 6.92 Å². The summed E-state index contributed by atoms with van der Waals surface area (Å²) >= 11 is 0. The van der Waals surface area contributed by atoms with Gasteiger partial charge in [-0.25, -0.2) is 8.42 Å². The van der Waals surface area contributed by atoms with Gasteiger partial charge in [-0.15, -0.1) is 0 Å². The first kappa shape index (κ1) is 13.9. The largest absolute Gasteiger partial charge is 0.393 e. The van der Waals surface area contributed by atoms with Crippen LogP contribution in [0.25, 0.3) is 0 Å². The van der Waals surface area contributed by atoms with E-state index in [-0.39, 0.29) is 17.6 Å². The summed E-state index contributed by atoms with van der Waals surface area (Å²) in [4.78, 5) is 0. The molecule has 0 amide bonds. The average Bonchev–Trinajstić information content (AvgIpc) is 2.70. The fourth-order valence-electron chi connectivity index (χ4n) is 1.93. The monoisotopic (exact) mass is 250 g/mol. The third-order valence-electron chi connectivity index (χ3n) is 2.99. The van der Waals surface area contributed by atoms with E-state index in [2.05, 4.69) is 0 Å². The quantitative estimate of drug-likeness (QED) is 0.735. The van der Waals surface area contributed by atoms with E-state index in [1.807, 2.05) is 0 Å². The Bertz CT molecular complexity index is 280. The smallest absolute Gasteiger partial charge is 0.150 e. The van der Waals surface area contributed by atoms with Crippen molar-refractivity contribution in [1.82, 2.24) is 0 Å². The number of sulfone groups is 1. The summed E-state index contributed by atoms with van der Waals surface area (Å²) in [6, 6.07) is 0. The minimum atomic E-state index is -2.88. The zero-order valence-electron chi connectivity index (χ0n) is 9.89. The number of rotatable bonds is 7. The molecule has 1 aliphatic heterocycles. The molecular weight excluding hydrogens is 228 g/mol.